The summed E-state index contributed by atoms with van der Waals surface area (Å²) in [5.74, 6) is 1.66. The molecule has 5 rings (SSSR count). The highest BCUT2D eigenvalue weighted by atomic mass is 16.5. The Morgan fingerprint density at radius 3 is 2.77 bits per heavy atom. The summed E-state index contributed by atoms with van der Waals surface area (Å²) in [6.45, 7) is 4.57. The largest absolute Gasteiger partial charge is 0.469 e. The van der Waals surface area contributed by atoms with E-state index in [1.54, 1.807) is 4.68 Å². The number of amides is 1. The van der Waals surface area contributed by atoms with E-state index in [2.05, 4.69) is 58.0 Å². The molecule has 35 heavy (non-hydrogen) atoms. The van der Waals surface area contributed by atoms with Gasteiger partial charge in [-0.2, -0.15) is 5.10 Å². The summed E-state index contributed by atoms with van der Waals surface area (Å²) in [6, 6.07) is 12.5. The second-order valence-corrected chi connectivity index (χ2v) is 9.86. The Bertz CT molecular complexity index is 1160. The van der Waals surface area contributed by atoms with Gasteiger partial charge >= 0.3 is 0 Å². The van der Waals surface area contributed by atoms with Crippen LogP contribution in [0.15, 0.2) is 55.0 Å². The maximum Gasteiger partial charge on any atom is 0.237 e. The van der Waals surface area contributed by atoms with Crippen LogP contribution in [0.25, 0.3) is 11.1 Å². The molecular formula is C27H34N6O2. The number of carbonyl (C=O) groups excluding carboxylic acids is 1. The van der Waals surface area contributed by atoms with E-state index in [9.17, 15) is 4.79 Å². The zero-order valence-corrected chi connectivity index (χ0v) is 20.6. The molecule has 2 unspecified atom stereocenters. The second kappa shape index (κ2) is 10.1. The van der Waals surface area contributed by atoms with Crippen molar-refractivity contribution in [1.82, 2.24) is 25.0 Å². The van der Waals surface area contributed by atoms with Crippen LogP contribution in [0, 0.1) is 11.8 Å². The molecule has 1 fully saturated rings. The minimum atomic E-state index is -0.118. The quantitative estimate of drug-likeness (QED) is 0.545. The van der Waals surface area contributed by atoms with Gasteiger partial charge in [0.05, 0.1) is 24.5 Å². The fraction of sp³-hybridized carbons (Fsp3) is 0.444. The van der Waals surface area contributed by atoms with Crippen molar-refractivity contribution in [2.75, 3.05) is 32.0 Å². The van der Waals surface area contributed by atoms with Gasteiger partial charge in [0.25, 0.3) is 0 Å². The molecule has 2 aliphatic rings. The van der Waals surface area contributed by atoms with E-state index < -0.39 is 0 Å². The fourth-order valence-electron chi connectivity index (χ4n) is 5.04. The predicted octanol–water partition coefficient (Wildman–Crippen LogP) is 3.49. The predicted molar refractivity (Wildman–Crippen MR) is 136 cm³/mol. The van der Waals surface area contributed by atoms with Gasteiger partial charge in [0.15, 0.2) is 0 Å². The van der Waals surface area contributed by atoms with Crippen molar-refractivity contribution in [2.45, 2.75) is 31.9 Å². The molecule has 0 bridgehead atoms. The smallest absolute Gasteiger partial charge is 0.237 e. The first kappa shape index (κ1) is 23.4. The van der Waals surface area contributed by atoms with E-state index in [4.69, 9.17) is 4.74 Å². The Kier molecular flexibility index (Phi) is 6.72. The van der Waals surface area contributed by atoms with E-state index in [1.165, 1.54) is 5.56 Å². The lowest BCUT2D eigenvalue weighted by molar-refractivity contribution is -0.134. The first-order valence-electron chi connectivity index (χ1n) is 12.4. The number of hydrogen-bond donors (Lipinski definition) is 2. The minimum Gasteiger partial charge on any atom is -0.469 e. The number of anilines is 1. The zero-order chi connectivity index (χ0) is 24.4. The molecule has 0 saturated carbocycles. The Balaban J connectivity index is 1.30. The minimum absolute atomic E-state index is 0.000987. The van der Waals surface area contributed by atoms with E-state index in [0.717, 1.165) is 36.3 Å². The molecule has 0 aliphatic carbocycles. The monoisotopic (exact) mass is 474 g/mol. The summed E-state index contributed by atoms with van der Waals surface area (Å²) in [5.41, 5.74) is 4.11. The number of rotatable bonds is 7. The Hall–Kier alpha value is -3.39. The van der Waals surface area contributed by atoms with Crippen LogP contribution in [0.1, 0.15) is 31.4 Å². The first-order valence-corrected chi connectivity index (χ1v) is 12.4. The fourth-order valence-corrected chi connectivity index (χ4v) is 5.04. The van der Waals surface area contributed by atoms with Crippen LogP contribution in [-0.4, -0.2) is 58.4 Å². The number of benzene rings is 1. The lowest BCUT2D eigenvalue weighted by Gasteiger charge is -2.36. The number of aromatic nitrogens is 3. The van der Waals surface area contributed by atoms with Crippen molar-refractivity contribution < 1.29 is 9.53 Å². The Morgan fingerprint density at radius 2 is 2.03 bits per heavy atom. The van der Waals surface area contributed by atoms with Crippen molar-refractivity contribution in [2.24, 2.45) is 18.9 Å². The van der Waals surface area contributed by atoms with Crippen molar-refractivity contribution in [3.8, 4) is 17.0 Å². The third-order valence-corrected chi connectivity index (χ3v) is 7.34. The summed E-state index contributed by atoms with van der Waals surface area (Å²) in [4.78, 5) is 18.7. The number of carbonyl (C=O) groups is 1. The molecule has 4 atom stereocenters. The van der Waals surface area contributed by atoms with Gasteiger partial charge in [-0.25, -0.2) is 4.98 Å². The average molecular weight is 475 g/mol. The zero-order valence-electron chi connectivity index (χ0n) is 20.6. The van der Waals surface area contributed by atoms with Gasteiger partial charge < -0.3 is 20.3 Å². The lowest BCUT2D eigenvalue weighted by Crippen LogP contribution is -2.45. The topological polar surface area (TPSA) is 84.3 Å². The van der Waals surface area contributed by atoms with E-state index in [1.807, 2.05) is 43.7 Å². The third-order valence-electron chi connectivity index (χ3n) is 7.34. The molecule has 184 valence electrons. The number of piperidine rings is 1. The SMILES string of the molecule is CC(CN[C@H](c1ccccc1)[C@@H]1CNc2cc(-c3cnn(C)c3)cnc2O1)C1CCN(C)C(=O)C1. The van der Waals surface area contributed by atoms with Crippen LogP contribution >= 0.6 is 0 Å². The molecular weight excluding hydrogens is 440 g/mol. The average Bonchev–Trinajstić information content (AvgIpc) is 3.32. The first-order chi connectivity index (χ1) is 17.0. The van der Waals surface area contributed by atoms with Gasteiger partial charge in [0, 0.05) is 50.6 Å². The molecule has 2 aromatic heterocycles. The Morgan fingerprint density at radius 1 is 1.20 bits per heavy atom. The standard InChI is InChI=1S/C27H34N6O2/c1-18(20-9-10-32(2)25(34)12-20)13-29-26(19-7-5-4-6-8-19)24-16-28-23-11-21(14-30-27(23)35-24)22-15-31-33(3)17-22/h4-8,11,14-15,17-18,20,24,26,28-29H,9-10,12-13,16H2,1-3H3/t18?,20?,24-,26+/m0/s1. The maximum atomic E-state index is 12.2. The lowest BCUT2D eigenvalue weighted by atomic mass is 9.84. The highest BCUT2D eigenvalue weighted by molar-refractivity contribution is 5.76. The van der Waals surface area contributed by atoms with Crippen LogP contribution in [0.2, 0.25) is 0 Å². The van der Waals surface area contributed by atoms with Crippen LogP contribution in [0.5, 0.6) is 5.88 Å². The summed E-state index contributed by atoms with van der Waals surface area (Å²) in [5, 5.41) is 11.6. The molecule has 0 spiro atoms. The maximum absolute atomic E-state index is 12.2. The van der Waals surface area contributed by atoms with Gasteiger partial charge in [0.2, 0.25) is 11.8 Å². The normalized spacial score (nSPS) is 21.6. The molecule has 4 heterocycles. The molecule has 8 nitrogen and oxygen atoms in total. The molecule has 1 amide bonds. The summed E-state index contributed by atoms with van der Waals surface area (Å²) < 4.78 is 8.22. The van der Waals surface area contributed by atoms with E-state index in [-0.39, 0.29) is 18.1 Å². The number of likely N-dealkylation sites (tertiary alicyclic amines) is 1. The number of hydrogen-bond acceptors (Lipinski definition) is 6. The van der Waals surface area contributed by atoms with Crippen LogP contribution < -0.4 is 15.4 Å². The van der Waals surface area contributed by atoms with Crippen molar-refractivity contribution in [3.63, 3.8) is 0 Å². The van der Waals surface area contributed by atoms with E-state index >= 15 is 0 Å². The summed E-state index contributed by atoms with van der Waals surface area (Å²) >= 11 is 0. The Labute approximate surface area is 206 Å². The highest BCUT2D eigenvalue weighted by Crippen LogP contribution is 2.34. The van der Waals surface area contributed by atoms with Gasteiger partial charge in [-0.3, -0.25) is 9.48 Å². The third kappa shape index (κ3) is 5.17. The van der Waals surface area contributed by atoms with Crippen LogP contribution in [0.4, 0.5) is 5.69 Å². The summed E-state index contributed by atoms with van der Waals surface area (Å²) in [7, 11) is 3.80. The number of aryl methyl sites for hydroxylation is 1. The molecule has 0 radical (unpaired) electrons. The van der Waals surface area contributed by atoms with Gasteiger partial charge in [-0.05, 0) is 36.4 Å². The van der Waals surface area contributed by atoms with Crippen LogP contribution in [0.3, 0.4) is 0 Å². The molecule has 3 aromatic rings. The summed E-state index contributed by atoms with van der Waals surface area (Å²) in [6.07, 6.45) is 7.22. The van der Waals surface area contributed by atoms with Crippen molar-refractivity contribution in [1.29, 1.82) is 0 Å². The molecule has 1 saturated heterocycles. The molecule has 2 N–H and O–H groups in total. The molecule has 1 aromatic carbocycles. The van der Waals surface area contributed by atoms with Gasteiger partial charge in [0.1, 0.15) is 6.10 Å². The number of nitrogens with zero attached hydrogens (tertiary/aromatic N) is 4. The molecule has 8 heteroatoms. The molecule has 2 aliphatic heterocycles. The van der Waals surface area contributed by atoms with Crippen LogP contribution in [-0.2, 0) is 11.8 Å². The highest BCUT2D eigenvalue weighted by Gasteiger charge is 2.32. The number of ether oxygens (including phenoxy) is 1. The van der Waals surface area contributed by atoms with E-state index in [0.29, 0.717) is 30.7 Å². The number of fused-ring (bicyclic) bond motifs is 1. The number of pyridine rings is 1. The van der Waals surface area contributed by atoms with Gasteiger partial charge in [-0.15, -0.1) is 0 Å². The van der Waals surface area contributed by atoms with Gasteiger partial charge in [-0.1, -0.05) is 37.3 Å². The van der Waals surface area contributed by atoms with Crippen molar-refractivity contribution >= 4 is 11.6 Å². The van der Waals surface area contributed by atoms with Crippen molar-refractivity contribution in [3.05, 3.63) is 60.6 Å². The second-order valence-electron chi connectivity index (χ2n) is 9.86. The number of nitrogens with one attached hydrogen (secondary N) is 2.